The van der Waals surface area contributed by atoms with Gasteiger partial charge in [0.25, 0.3) is 5.09 Å². The highest BCUT2D eigenvalue weighted by Gasteiger charge is 2.11. The fraction of sp³-hybridized carbons (Fsp3) is 0.312. The van der Waals surface area contributed by atoms with Gasteiger partial charge in [0.1, 0.15) is 18.1 Å². The topological polar surface area (TPSA) is 152 Å². The Morgan fingerprint density at radius 2 is 1.93 bits per heavy atom. The minimum absolute atomic E-state index is 0.0499. The van der Waals surface area contributed by atoms with E-state index in [-0.39, 0.29) is 43.3 Å². The number of carbonyl (C=O) groups excluding carboxylic acids is 2. The number of nitrogens with zero attached hydrogens (tertiary/aromatic N) is 1. The molecule has 0 aliphatic carbocycles. The summed E-state index contributed by atoms with van der Waals surface area (Å²) >= 11 is 0. The molecule has 27 heavy (non-hydrogen) atoms. The molecule has 0 aromatic heterocycles. The average molecular weight is 383 g/mol. The van der Waals surface area contributed by atoms with Crippen LogP contribution in [0.15, 0.2) is 24.3 Å². The van der Waals surface area contributed by atoms with E-state index in [2.05, 4.69) is 4.84 Å². The Bertz CT molecular complexity index is 728. The van der Waals surface area contributed by atoms with Gasteiger partial charge in [-0.25, -0.2) is 4.79 Å². The molecule has 0 bridgehead atoms. The summed E-state index contributed by atoms with van der Waals surface area (Å²) in [6.45, 7) is 0.824. The number of ether oxygens (including phenoxy) is 3. The highest BCUT2D eigenvalue weighted by Crippen LogP contribution is 2.26. The van der Waals surface area contributed by atoms with Crippen molar-refractivity contribution in [2.75, 3.05) is 19.8 Å². The number of benzene rings is 1. The molecule has 146 valence electrons. The Hall–Kier alpha value is -3.47. The second-order valence-corrected chi connectivity index (χ2v) is 4.86. The fourth-order valence-corrected chi connectivity index (χ4v) is 1.74. The van der Waals surface area contributed by atoms with E-state index in [1.807, 2.05) is 0 Å². The van der Waals surface area contributed by atoms with Gasteiger partial charge in [-0.2, -0.15) is 0 Å². The van der Waals surface area contributed by atoms with Crippen molar-refractivity contribution in [1.29, 1.82) is 0 Å². The van der Waals surface area contributed by atoms with Crippen molar-refractivity contribution in [1.82, 2.24) is 0 Å². The van der Waals surface area contributed by atoms with Crippen molar-refractivity contribution in [2.45, 2.75) is 13.3 Å². The molecule has 1 rings (SSSR count). The van der Waals surface area contributed by atoms with Gasteiger partial charge in [-0.3, -0.25) is 9.59 Å². The molecule has 0 aliphatic heterocycles. The molecule has 0 heterocycles. The predicted molar refractivity (Wildman–Crippen MR) is 88.4 cm³/mol. The predicted octanol–water partition coefficient (Wildman–Crippen LogP) is 1.23. The number of esters is 2. The van der Waals surface area contributed by atoms with Crippen LogP contribution in [0.3, 0.4) is 0 Å². The average Bonchev–Trinajstić information content (AvgIpc) is 2.57. The summed E-state index contributed by atoms with van der Waals surface area (Å²) < 4.78 is 15.0. The Morgan fingerprint density at radius 1 is 1.19 bits per heavy atom. The molecule has 0 unspecified atom stereocenters. The SMILES string of the molecule is CC(=O)Oc1ccc(OC(=O)CCOCCO[N+](=O)[O-])c(C=CC(=O)O)c1. The number of carbonyl (C=O) groups is 3. The lowest BCUT2D eigenvalue weighted by Crippen LogP contribution is -2.14. The Kier molecular flexibility index (Phi) is 8.95. The largest absolute Gasteiger partial charge is 0.478 e. The van der Waals surface area contributed by atoms with Gasteiger partial charge in [-0.1, -0.05) is 0 Å². The summed E-state index contributed by atoms with van der Waals surface area (Å²) in [4.78, 5) is 47.5. The first-order valence-corrected chi connectivity index (χ1v) is 7.57. The van der Waals surface area contributed by atoms with E-state index in [1.54, 1.807) is 0 Å². The zero-order valence-corrected chi connectivity index (χ0v) is 14.3. The molecule has 1 aromatic rings. The van der Waals surface area contributed by atoms with Crippen LogP contribution in [0.25, 0.3) is 6.08 Å². The van der Waals surface area contributed by atoms with E-state index < -0.39 is 23.0 Å². The number of hydrogen-bond donors (Lipinski definition) is 1. The first-order chi connectivity index (χ1) is 12.8. The number of carboxylic acid groups (broad SMARTS) is 1. The van der Waals surface area contributed by atoms with Gasteiger partial charge in [-0.15, -0.1) is 10.1 Å². The van der Waals surface area contributed by atoms with Crippen LogP contribution >= 0.6 is 0 Å². The third-order valence-electron chi connectivity index (χ3n) is 2.75. The zero-order valence-electron chi connectivity index (χ0n) is 14.3. The van der Waals surface area contributed by atoms with Crippen LogP contribution in [-0.2, 0) is 24.0 Å². The zero-order chi connectivity index (χ0) is 20.2. The molecule has 1 N–H and O–H groups in total. The smallest absolute Gasteiger partial charge is 0.328 e. The Labute approximate surface area is 153 Å². The van der Waals surface area contributed by atoms with Gasteiger partial charge < -0.3 is 24.2 Å². The van der Waals surface area contributed by atoms with Gasteiger partial charge in [0, 0.05) is 18.6 Å². The lowest BCUT2D eigenvalue weighted by atomic mass is 10.1. The van der Waals surface area contributed by atoms with Gasteiger partial charge in [-0.05, 0) is 24.3 Å². The summed E-state index contributed by atoms with van der Waals surface area (Å²) in [5, 5.41) is 17.7. The normalized spacial score (nSPS) is 10.4. The highest BCUT2D eigenvalue weighted by atomic mass is 17.0. The second-order valence-electron chi connectivity index (χ2n) is 4.86. The van der Waals surface area contributed by atoms with Gasteiger partial charge in [0.05, 0.1) is 19.6 Å². The number of hydrogen-bond acceptors (Lipinski definition) is 9. The standard InChI is InChI=1S/C16H17NO10/c1-11(18)26-13-3-4-14(12(10-13)2-5-15(19)20)27-16(21)6-7-24-8-9-25-17(22)23/h2-5,10H,6-9H2,1H3,(H,19,20). The molecule has 0 saturated heterocycles. The third-order valence-corrected chi connectivity index (χ3v) is 2.75. The van der Waals surface area contributed by atoms with Crippen LogP contribution in [0, 0.1) is 10.1 Å². The van der Waals surface area contributed by atoms with E-state index in [9.17, 15) is 24.5 Å². The summed E-state index contributed by atoms with van der Waals surface area (Å²) in [6, 6.07) is 4.08. The summed E-state index contributed by atoms with van der Waals surface area (Å²) in [5.41, 5.74) is 0.213. The van der Waals surface area contributed by atoms with Crippen LogP contribution in [0.5, 0.6) is 11.5 Å². The van der Waals surface area contributed by atoms with Crippen molar-refractivity contribution in [3.05, 3.63) is 40.0 Å². The van der Waals surface area contributed by atoms with Crippen molar-refractivity contribution in [3.8, 4) is 11.5 Å². The maximum absolute atomic E-state index is 11.8. The second kappa shape index (κ2) is 11.2. The number of aliphatic carboxylic acids is 1. The summed E-state index contributed by atoms with van der Waals surface area (Å²) in [5.74, 6) is -2.23. The number of carboxylic acids is 1. The lowest BCUT2D eigenvalue weighted by Gasteiger charge is -2.10. The van der Waals surface area contributed by atoms with E-state index in [1.165, 1.54) is 31.2 Å². The molecule has 0 atom stereocenters. The van der Waals surface area contributed by atoms with Crippen LogP contribution in [0.2, 0.25) is 0 Å². The van der Waals surface area contributed by atoms with E-state index in [0.717, 1.165) is 6.08 Å². The Balaban J connectivity index is 2.65. The Morgan fingerprint density at radius 3 is 2.56 bits per heavy atom. The van der Waals surface area contributed by atoms with Crippen molar-refractivity contribution >= 4 is 24.0 Å². The van der Waals surface area contributed by atoms with E-state index in [0.29, 0.717) is 0 Å². The van der Waals surface area contributed by atoms with Crippen LogP contribution in [0.4, 0.5) is 0 Å². The molecule has 0 saturated carbocycles. The maximum atomic E-state index is 11.8. The minimum Gasteiger partial charge on any atom is -0.478 e. The summed E-state index contributed by atoms with van der Waals surface area (Å²) in [6.07, 6.45) is 1.87. The molecule has 11 nitrogen and oxygen atoms in total. The molecular formula is C16H17NO10. The first-order valence-electron chi connectivity index (χ1n) is 7.57. The molecule has 0 radical (unpaired) electrons. The van der Waals surface area contributed by atoms with Crippen LogP contribution < -0.4 is 9.47 Å². The van der Waals surface area contributed by atoms with Crippen molar-refractivity contribution in [3.63, 3.8) is 0 Å². The van der Waals surface area contributed by atoms with Crippen molar-refractivity contribution in [2.24, 2.45) is 0 Å². The first kappa shape index (κ1) is 21.6. The lowest BCUT2D eigenvalue weighted by molar-refractivity contribution is -0.758. The van der Waals surface area contributed by atoms with Crippen LogP contribution in [-0.4, -0.2) is 47.9 Å². The third kappa shape index (κ3) is 9.55. The molecule has 0 amide bonds. The van der Waals surface area contributed by atoms with Gasteiger partial charge >= 0.3 is 17.9 Å². The fourth-order valence-electron chi connectivity index (χ4n) is 1.74. The van der Waals surface area contributed by atoms with Crippen LogP contribution in [0.1, 0.15) is 18.9 Å². The molecule has 0 fully saturated rings. The van der Waals surface area contributed by atoms with Gasteiger partial charge in [0.15, 0.2) is 0 Å². The molecule has 11 heteroatoms. The monoisotopic (exact) mass is 383 g/mol. The van der Waals surface area contributed by atoms with E-state index in [4.69, 9.17) is 19.3 Å². The highest BCUT2D eigenvalue weighted by molar-refractivity contribution is 5.86. The van der Waals surface area contributed by atoms with Crippen molar-refractivity contribution < 1.29 is 43.6 Å². The summed E-state index contributed by atoms with van der Waals surface area (Å²) in [7, 11) is 0. The molecular weight excluding hydrogens is 366 g/mol. The quantitative estimate of drug-likeness (QED) is 0.147. The molecule has 0 aliphatic rings. The maximum Gasteiger partial charge on any atom is 0.328 e. The minimum atomic E-state index is -1.21. The van der Waals surface area contributed by atoms with Gasteiger partial charge in [0.2, 0.25) is 0 Å². The molecule has 1 aromatic carbocycles. The molecule has 0 spiro atoms. The van der Waals surface area contributed by atoms with E-state index >= 15 is 0 Å². The number of rotatable bonds is 11.